The molecule has 1 saturated carbocycles. The zero-order valence-corrected chi connectivity index (χ0v) is 8.82. The minimum atomic E-state index is 0.356. The van der Waals surface area contributed by atoms with Crippen molar-refractivity contribution in [3.63, 3.8) is 0 Å². The number of nitrogens with zero attached hydrogens (tertiary/aromatic N) is 3. The van der Waals surface area contributed by atoms with Crippen molar-refractivity contribution in [2.75, 3.05) is 13.1 Å². The number of hydrogen-bond acceptors (Lipinski definition) is 4. The van der Waals surface area contributed by atoms with Gasteiger partial charge in [-0.25, -0.2) is 4.98 Å². The third-order valence-corrected chi connectivity index (χ3v) is 3.97. The molecule has 15 heavy (non-hydrogen) atoms. The summed E-state index contributed by atoms with van der Waals surface area (Å²) in [6.45, 7) is 2.99. The number of rotatable bonds is 2. The lowest BCUT2D eigenvalue weighted by atomic mass is 9.66. The number of nitrogens with one attached hydrogen (secondary N) is 1. The van der Waals surface area contributed by atoms with E-state index in [-0.39, 0.29) is 0 Å². The maximum absolute atomic E-state index is 6.21. The molecule has 0 bridgehead atoms. The highest BCUT2D eigenvalue weighted by molar-refractivity contribution is 5.04. The van der Waals surface area contributed by atoms with E-state index in [0.717, 1.165) is 25.5 Å². The maximum atomic E-state index is 6.21. The zero-order chi connectivity index (χ0) is 10.3. The van der Waals surface area contributed by atoms with Gasteiger partial charge in [0.15, 0.2) is 0 Å². The number of aromatic amines is 1. The molecule has 2 heterocycles. The van der Waals surface area contributed by atoms with Gasteiger partial charge in [0.1, 0.15) is 12.2 Å². The molecule has 1 aliphatic carbocycles. The Morgan fingerprint density at radius 2 is 2.47 bits per heavy atom. The fourth-order valence-corrected chi connectivity index (χ4v) is 2.90. The second kappa shape index (κ2) is 3.28. The third-order valence-electron chi connectivity index (χ3n) is 3.97. The molecule has 0 radical (unpaired) electrons. The predicted octanol–water partition coefficient (Wildman–Crippen LogP) is 0.118. The first-order chi connectivity index (χ1) is 7.28. The summed E-state index contributed by atoms with van der Waals surface area (Å²) in [6.07, 6.45) is 5.52. The van der Waals surface area contributed by atoms with Crippen LogP contribution >= 0.6 is 0 Å². The summed E-state index contributed by atoms with van der Waals surface area (Å²) < 4.78 is 0. The molecule has 2 aliphatic rings. The van der Waals surface area contributed by atoms with E-state index in [2.05, 4.69) is 20.1 Å². The minimum absolute atomic E-state index is 0.356. The number of aromatic nitrogens is 3. The van der Waals surface area contributed by atoms with Crippen LogP contribution in [-0.2, 0) is 6.54 Å². The van der Waals surface area contributed by atoms with Crippen LogP contribution in [0, 0.1) is 5.41 Å². The molecule has 1 spiro atoms. The molecule has 82 valence electrons. The Labute approximate surface area is 89.1 Å². The van der Waals surface area contributed by atoms with E-state index in [1.165, 1.54) is 19.3 Å². The molecular formula is C10H17N5. The van der Waals surface area contributed by atoms with Gasteiger partial charge in [0.25, 0.3) is 0 Å². The van der Waals surface area contributed by atoms with E-state index in [4.69, 9.17) is 5.73 Å². The van der Waals surface area contributed by atoms with Gasteiger partial charge in [-0.1, -0.05) is 6.42 Å². The number of hydrogen-bond donors (Lipinski definition) is 2. The number of likely N-dealkylation sites (tertiary alicyclic amines) is 1. The zero-order valence-electron chi connectivity index (χ0n) is 8.82. The second-order valence-corrected chi connectivity index (χ2v) is 4.92. The van der Waals surface area contributed by atoms with Crippen LogP contribution in [0.1, 0.15) is 25.1 Å². The number of H-pyrrole nitrogens is 1. The molecule has 1 saturated heterocycles. The molecule has 1 unspecified atom stereocenters. The van der Waals surface area contributed by atoms with Crippen LogP contribution in [0.25, 0.3) is 0 Å². The van der Waals surface area contributed by atoms with E-state index in [9.17, 15) is 0 Å². The van der Waals surface area contributed by atoms with E-state index in [1.54, 1.807) is 6.33 Å². The van der Waals surface area contributed by atoms with Gasteiger partial charge in [-0.2, -0.15) is 5.10 Å². The van der Waals surface area contributed by atoms with Crippen molar-refractivity contribution >= 4 is 0 Å². The van der Waals surface area contributed by atoms with Crippen molar-refractivity contribution in [1.82, 2.24) is 20.1 Å². The van der Waals surface area contributed by atoms with Gasteiger partial charge in [-0.05, 0) is 18.3 Å². The van der Waals surface area contributed by atoms with Crippen LogP contribution in [0.2, 0.25) is 0 Å². The van der Waals surface area contributed by atoms with Gasteiger partial charge in [0.05, 0.1) is 6.54 Å². The van der Waals surface area contributed by atoms with Crippen molar-refractivity contribution in [2.24, 2.45) is 11.1 Å². The molecule has 1 aromatic rings. The Bertz CT molecular complexity index is 330. The van der Waals surface area contributed by atoms with Gasteiger partial charge in [-0.3, -0.25) is 10.00 Å². The molecule has 5 nitrogen and oxygen atoms in total. The highest BCUT2D eigenvalue weighted by atomic mass is 15.3. The Hall–Kier alpha value is -0.940. The molecule has 3 rings (SSSR count). The molecular weight excluding hydrogens is 190 g/mol. The van der Waals surface area contributed by atoms with Crippen LogP contribution in [0.3, 0.4) is 0 Å². The van der Waals surface area contributed by atoms with Crippen molar-refractivity contribution in [3.8, 4) is 0 Å². The first kappa shape index (κ1) is 9.30. The molecule has 3 N–H and O–H groups in total. The average Bonchev–Trinajstić information content (AvgIpc) is 2.72. The summed E-state index contributed by atoms with van der Waals surface area (Å²) in [4.78, 5) is 6.54. The van der Waals surface area contributed by atoms with E-state index in [1.807, 2.05) is 0 Å². The van der Waals surface area contributed by atoms with Crippen molar-refractivity contribution in [1.29, 1.82) is 0 Å². The second-order valence-electron chi connectivity index (χ2n) is 4.92. The van der Waals surface area contributed by atoms with Crippen LogP contribution in [0.4, 0.5) is 0 Å². The Kier molecular flexibility index (Phi) is 2.03. The van der Waals surface area contributed by atoms with E-state index in [0.29, 0.717) is 11.5 Å². The van der Waals surface area contributed by atoms with Gasteiger partial charge >= 0.3 is 0 Å². The lowest BCUT2D eigenvalue weighted by Crippen LogP contribution is -2.45. The molecule has 0 aromatic carbocycles. The summed E-state index contributed by atoms with van der Waals surface area (Å²) in [5.74, 6) is 0.943. The SMILES string of the molecule is NC1CN(Cc2ncn[nH]2)CC12CCC2. The van der Waals surface area contributed by atoms with Gasteiger partial charge in [-0.15, -0.1) is 0 Å². The van der Waals surface area contributed by atoms with Crippen LogP contribution in [0.15, 0.2) is 6.33 Å². The summed E-state index contributed by atoms with van der Waals surface area (Å²) in [6, 6.07) is 0.356. The lowest BCUT2D eigenvalue weighted by Gasteiger charge is -2.41. The Morgan fingerprint density at radius 3 is 3.00 bits per heavy atom. The van der Waals surface area contributed by atoms with Gasteiger partial charge in [0, 0.05) is 19.1 Å². The fourth-order valence-electron chi connectivity index (χ4n) is 2.90. The first-order valence-electron chi connectivity index (χ1n) is 5.61. The monoisotopic (exact) mass is 207 g/mol. The molecule has 5 heteroatoms. The van der Waals surface area contributed by atoms with E-state index < -0.39 is 0 Å². The van der Waals surface area contributed by atoms with Crippen molar-refractivity contribution in [2.45, 2.75) is 31.8 Å². The van der Waals surface area contributed by atoms with Gasteiger partial charge < -0.3 is 5.73 Å². The first-order valence-corrected chi connectivity index (χ1v) is 5.61. The summed E-state index contributed by atoms with van der Waals surface area (Å²) in [7, 11) is 0. The minimum Gasteiger partial charge on any atom is -0.326 e. The number of nitrogens with two attached hydrogens (primary N) is 1. The predicted molar refractivity (Wildman–Crippen MR) is 55.9 cm³/mol. The molecule has 1 atom stereocenters. The molecule has 1 aromatic heterocycles. The highest BCUT2D eigenvalue weighted by Crippen LogP contribution is 2.47. The van der Waals surface area contributed by atoms with Gasteiger partial charge in [0.2, 0.25) is 0 Å². The topological polar surface area (TPSA) is 70.8 Å². The summed E-state index contributed by atoms with van der Waals surface area (Å²) >= 11 is 0. The summed E-state index contributed by atoms with van der Waals surface area (Å²) in [5.41, 5.74) is 6.64. The lowest BCUT2D eigenvalue weighted by molar-refractivity contribution is 0.121. The maximum Gasteiger partial charge on any atom is 0.138 e. The third kappa shape index (κ3) is 1.46. The van der Waals surface area contributed by atoms with Crippen molar-refractivity contribution < 1.29 is 0 Å². The van der Waals surface area contributed by atoms with Crippen molar-refractivity contribution in [3.05, 3.63) is 12.2 Å². The van der Waals surface area contributed by atoms with Crippen LogP contribution in [-0.4, -0.2) is 39.2 Å². The molecule has 2 fully saturated rings. The van der Waals surface area contributed by atoms with E-state index >= 15 is 0 Å². The normalized spacial score (nSPS) is 29.5. The van der Waals surface area contributed by atoms with Crippen LogP contribution in [0.5, 0.6) is 0 Å². The largest absolute Gasteiger partial charge is 0.326 e. The molecule has 1 aliphatic heterocycles. The Morgan fingerprint density at radius 1 is 1.60 bits per heavy atom. The smallest absolute Gasteiger partial charge is 0.138 e. The highest BCUT2D eigenvalue weighted by Gasteiger charge is 2.48. The average molecular weight is 207 g/mol. The standard InChI is InChI=1S/C10H17N5/c11-8-4-15(5-9-12-7-13-14-9)6-10(8)2-1-3-10/h7-8H,1-6,11H2,(H,12,13,14). The van der Waals surface area contributed by atoms with Crippen LogP contribution < -0.4 is 5.73 Å². The summed E-state index contributed by atoms with van der Waals surface area (Å²) in [5, 5.41) is 6.76. The fraction of sp³-hybridized carbons (Fsp3) is 0.800. The Balaban J connectivity index is 1.65. The molecule has 0 amide bonds. The quantitative estimate of drug-likeness (QED) is 0.722.